The molecule has 0 saturated heterocycles. The molecule has 0 saturated carbocycles. The second-order valence-corrected chi connectivity index (χ2v) is 7.00. The van der Waals surface area contributed by atoms with Crippen LogP contribution in [0.15, 0.2) is 36.6 Å². The van der Waals surface area contributed by atoms with Crippen molar-refractivity contribution in [3.63, 3.8) is 0 Å². The summed E-state index contributed by atoms with van der Waals surface area (Å²) in [6, 6.07) is 8.47. The Morgan fingerprint density at radius 1 is 1.12 bits per heavy atom. The Balaban J connectivity index is 0. The largest absolute Gasteiger partial charge is 1.00 e. The van der Waals surface area contributed by atoms with Gasteiger partial charge in [-0.2, -0.15) is 16.8 Å². The van der Waals surface area contributed by atoms with Crippen LogP contribution < -0.4 is 29.6 Å². The second-order valence-electron chi connectivity index (χ2n) is 2.65. The Labute approximate surface area is 122 Å². The van der Waals surface area contributed by atoms with Crippen LogP contribution in [0.5, 0.6) is 0 Å². The molecule has 0 radical (unpaired) electrons. The smallest absolute Gasteiger partial charge is 1.00 e. The summed E-state index contributed by atoms with van der Waals surface area (Å²) in [6.45, 7) is 0. The third kappa shape index (κ3) is 5.19. The normalized spacial score (nSPS) is 12.1. The summed E-state index contributed by atoms with van der Waals surface area (Å²) in [4.78, 5) is 0. The van der Waals surface area contributed by atoms with Crippen molar-refractivity contribution in [1.29, 1.82) is 0 Å². The maximum absolute atomic E-state index is 10.7. The van der Waals surface area contributed by atoms with Crippen molar-refractivity contribution in [2.45, 2.75) is 0 Å². The van der Waals surface area contributed by atoms with E-state index >= 15 is 0 Å². The van der Waals surface area contributed by atoms with E-state index in [2.05, 4.69) is 4.18 Å². The van der Waals surface area contributed by atoms with E-state index in [1.54, 1.807) is 30.3 Å². The average Bonchev–Trinajstić information content (AvgIpc) is 2.17. The fourth-order valence-corrected chi connectivity index (χ4v) is 1.51. The van der Waals surface area contributed by atoms with E-state index in [1.807, 2.05) is 0 Å². The van der Waals surface area contributed by atoms with Gasteiger partial charge in [0.15, 0.2) is 0 Å². The van der Waals surface area contributed by atoms with Gasteiger partial charge in [0, 0.05) is 0 Å². The Morgan fingerprint density at radius 3 is 2.12 bits per heavy atom. The molecule has 0 unspecified atom stereocenters. The van der Waals surface area contributed by atoms with Crippen LogP contribution in [0.1, 0.15) is 6.99 Å². The Hall–Kier alpha value is -0.380. The van der Waals surface area contributed by atoms with Gasteiger partial charge in [-0.15, -0.1) is 0 Å². The monoisotopic (exact) mass is 288 g/mol. The summed E-state index contributed by atoms with van der Waals surface area (Å²) >= 11 is 0. The van der Waals surface area contributed by atoms with Gasteiger partial charge in [-0.25, -0.2) is 0 Å². The molecule has 0 fully saturated rings. The van der Waals surface area contributed by atoms with Gasteiger partial charge in [-0.3, -0.25) is 4.55 Å². The maximum Gasteiger partial charge on any atom is 1.00 e. The zero-order valence-electron chi connectivity index (χ0n) is 9.85. The molecule has 0 aliphatic carbocycles. The second kappa shape index (κ2) is 6.53. The van der Waals surface area contributed by atoms with Gasteiger partial charge in [-0.05, 0) is 11.6 Å². The summed E-state index contributed by atoms with van der Waals surface area (Å²) in [6.07, 6.45) is 1.90. The van der Waals surface area contributed by atoms with Crippen LogP contribution in [0.4, 0.5) is 0 Å². The molecule has 0 amide bonds. The first-order valence-electron chi connectivity index (χ1n) is 3.95. The molecule has 1 aromatic rings. The van der Waals surface area contributed by atoms with Gasteiger partial charge >= 0.3 is 47.9 Å². The quantitative estimate of drug-likeness (QED) is 0.296. The van der Waals surface area contributed by atoms with Crippen LogP contribution in [0.2, 0.25) is 0 Å². The van der Waals surface area contributed by atoms with E-state index in [9.17, 15) is 16.8 Å². The Kier molecular flexibility index (Phi) is 6.38. The van der Waals surface area contributed by atoms with Gasteiger partial charge in [0.1, 0.15) is 6.26 Å². The molecule has 90 valence electrons. The summed E-state index contributed by atoms with van der Waals surface area (Å²) in [5, 5.41) is 0. The minimum Gasteiger partial charge on any atom is -1.00 e. The topological polar surface area (TPSA) is 97.7 Å². The van der Waals surface area contributed by atoms with Gasteiger partial charge in [0.2, 0.25) is 0 Å². The van der Waals surface area contributed by atoms with Crippen LogP contribution in [-0.4, -0.2) is 21.4 Å². The molecule has 1 N–H and O–H groups in total. The summed E-state index contributed by atoms with van der Waals surface area (Å²) in [5.41, 5.74) is 0.619. The minimum atomic E-state index is -5.26. The van der Waals surface area contributed by atoms with Gasteiger partial charge in [0.25, 0.3) is 0 Å². The molecule has 1 rings (SSSR count). The average molecular weight is 288 g/mol. The molecular weight excluding hydrogens is 279 g/mol. The first kappa shape index (κ1) is 16.6. The molecule has 0 heterocycles. The zero-order valence-corrected chi connectivity index (χ0v) is 12.5. The van der Waals surface area contributed by atoms with Crippen molar-refractivity contribution >= 4 is 24.4 Å². The molecular formula is C8H9NaO6S2. The van der Waals surface area contributed by atoms with Crippen molar-refractivity contribution in [3.8, 4) is 0 Å². The first-order chi connectivity index (χ1) is 7.33. The summed E-state index contributed by atoms with van der Waals surface area (Å²) in [7, 11) is -10.3. The predicted molar refractivity (Wildman–Crippen MR) is 58.1 cm³/mol. The van der Waals surface area contributed by atoms with Crippen molar-refractivity contribution in [3.05, 3.63) is 42.2 Å². The van der Waals surface area contributed by atoms with Crippen LogP contribution >= 0.6 is 0 Å². The Morgan fingerprint density at radius 2 is 1.65 bits per heavy atom. The molecule has 0 spiro atoms. The van der Waals surface area contributed by atoms with E-state index in [1.165, 1.54) is 6.08 Å². The molecule has 0 aliphatic rings. The summed E-state index contributed by atoms with van der Waals surface area (Å²) in [5.74, 6) is 0. The van der Waals surface area contributed by atoms with Crippen molar-refractivity contribution in [2.24, 2.45) is 0 Å². The third-order valence-electron chi connectivity index (χ3n) is 1.49. The standard InChI is InChI=1S/C8H8O6S2.Na.H/c9-15(10,11)16(12,13)14-7-6-8-4-2-1-3-5-8;;/h1-7H,(H,9,10,11);;/q;+1;-1. The fourth-order valence-electron chi connectivity index (χ4n) is 0.788. The van der Waals surface area contributed by atoms with Crippen LogP contribution in [0.3, 0.4) is 0 Å². The zero-order chi connectivity index (χ0) is 12.2. The van der Waals surface area contributed by atoms with Gasteiger partial charge < -0.3 is 5.61 Å². The van der Waals surface area contributed by atoms with Crippen LogP contribution in [0.25, 0.3) is 6.08 Å². The van der Waals surface area contributed by atoms with E-state index in [4.69, 9.17) is 4.55 Å². The number of hydrogen-bond acceptors (Lipinski definition) is 5. The number of rotatable bonds is 4. The molecule has 0 bridgehead atoms. The predicted octanol–water partition coefficient (Wildman–Crippen LogP) is -2.08. The van der Waals surface area contributed by atoms with Gasteiger partial charge in [0.05, 0.1) is 0 Å². The summed E-state index contributed by atoms with van der Waals surface area (Å²) < 4.78 is 54.3. The van der Waals surface area contributed by atoms with Gasteiger partial charge in [-0.1, -0.05) is 30.3 Å². The molecule has 6 nitrogen and oxygen atoms in total. The molecule has 9 heteroatoms. The molecule has 0 aromatic heterocycles. The minimum absolute atomic E-state index is 0. The van der Waals surface area contributed by atoms with Crippen LogP contribution in [0, 0.1) is 0 Å². The third-order valence-corrected chi connectivity index (χ3v) is 4.14. The van der Waals surface area contributed by atoms with E-state index in [0.717, 1.165) is 0 Å². The van der Waals surface area contributed by atoms with Crippen molar-refractivity contribution < 1.29 is 56.6 Å². The molecule has 0 aliphatic heterocycles. The Bertz CT molecular complexity index is 581. The first-order valence-corrected chi connectivity index (χ1v) is 7.32. The SMILES string of the molecule is O=S(=O)(O)S(=O)(=O)OC=Cc1ccccc1.[H-].[Na+]. The molecule has 17 heavy (non-hydrogen) atoms. The van der Waals surface area contributed by atoms with E-state index in [0.29, 0.717) is 11.8 Å². The van der Waals surface area contributed by atoms with Crippen molar-refractivity contribution in [2.75, 3.05) is 0 Å². The fraction of sp³-hybridized carbons (Fsp3) is 0. The van der Waals surface area contributed by atoms with E-state index < -0.39 is 18.3 Å². The molecule has 1 aromatic carbocycles. The van der Waals surface area contributed by atoms with Crippen molar-refractivity contribution in [1.82, 2.24) is 0 Å². The molecule has 0 atom stereocenters. The van der Waals surface area contributed by atoms with Crippen LogP contribution in [-0.2, 0) is 22.5 Å². The maximum atomic E-state index is 10.7. The van der Waals surface area contributed by atoms with E-state index in [-0.39, 0.29) is 31.0 Å². The number of hydrogen-bond donors (Lipinski definition) is 1. The number of benzene rings is 1.